The van der Waals surface area contributed by atoms with Gasteiger partial charge in [0.05, 0.1) is 17.1 Å². The van der Waals surface area contributed by atoms with E-state index in [1.807, 2.05) is 18.2 Å². The molecule has 0 aliphatic carbocycles. The molecule has 2 heterocycles. The number of fused-ring (bicyclic) bond motifs is 7. The van der Waals surface area contributed by atoms with Crippen molar-refractivity contribution in [2.24, 2.45) is 0 Å². The fourth-order valence-corrected chi connectivity index (χ4v) is 8.23. The summed E-state index contributed by atoms with van der Waals surface area (Å²) in [7, 11) is 0. The molecule has 0 N–H and O–H groups in total. The SMILES string of the molecule is c1ccc(-c2ccc(-c3ccc4ccccc4c3)cc2N(c2ccccc2-c2ccc3oc4ccccc4c3c2)c2cccc3c2oc2ccccc23)cc1. The molecule has 0 aliphatic heterocycles. The molecule has 2 aromatic heterocycles. The molecule has 3 heteroatoms. The molecular formula is C52H33NO2. The molecule has 0 aliphatic rings. The van der Waals surface area contributed by atoms with Crippen molar-refractivity contribution in [2.75, 3.05) is 4.90 Å². The van der Waals surface area contributed by atoms with Crippen LogP contribution in [0.1, 0.15) is 0 Å². The van der Waals surface area contributed by atoms with Crippen LogP contribution in [0.25, 0.3) is 88.0 Å². The van der Waals surface area contributed by atoms with Crippen molar-refractivity contribution in [1.29, 1.82) is 0 Å². The number of benzene rings is 9. The van der Waals surface area contributed by atoms with Crippen molar-refractivity contribution in [3.63, 3.8) is 0 Å². The molecule has 0 amide bonds. The summed E-state index contributed by atoms with van der Waals surface area (Å²) in [6.45, 7) is 0. The third-order valence-corrected chi connectivity index (χ3v) is 10.9. The third-order valence-electron chi connectivity index (χ3n) is 10.9. The Labute approximate surface area is 317 Å². The van der Waals surface area contributed by atoms with Gasteiger partial charge in [-0.05, 0) is 81.6 Å². The highest BCUT2D eigenvalue weighted by Gasteiger charge is 2.25. The van der Waals surface area contributed by atoms with Crippen LogP contribution in [0, 0.1) is 0 Å². The Morgan fingerprint density at radius 2 is 0.891 bits per heavy atom. The summed E-state index contributed by atoms with van der Waals surface area (Å²) in [6, 6.07) is 71.1. The summed E-state index contributed by atoms with van der Waals surface area (Å²) >= 11 is 0. The minimum Gasteiger partial charge on any atom is -0.456 e. The Bertz CT molecular complexity index is 3220. The second-order valence-corrected chi connectivity index (χ2v) is 14.1. The average molecular weight is 704 g/mol. The summed E-state index contributed by atoms with van der Waals surface area (Å²) in [6.07, 6.45) is 0. The van der Waals surface area contributed by atoms with E-state index in [0.29, 0.717) is 0 Å². The van der Waals surface area contributed by atoms with E-state index in [2.05, 4.69) is 187 Å². The van der Waals surface area contributed by atoms with Gasteiger partial charge < -0.3 is 13.7 Å². The summed E-state index contributed by atoms with van der Waals surface area (Å²) < 4.78 is 13.1. The van der Waals surface area contributed by atoms with E-state index in [9.17, 15) is 0 Å². The monoisotopic (exact) mass is 703 g/mol. The lowest BCUT2D eigenvalue weighted by Crippen LogP contribution is -2.13. The number of hydrogen-bond acceptors (Lipinski definition) is 3. The fraction of sp³-hybridized carbons (Fsp3) is 0. The van der Waals surface area contributed by atoms with E-state index in [-0.39, 0.29) is 0 Å². The van der Waals surface area contributed by atoms with Gasteiger partial charge in [0.1, 0.15) is 16.7 Å². The van der Waals surface area contributed by atoms with Gasteiger partial charge in [0.15, 0.2) is 5.58 Å². The molecule has 0 saturated carbocycles. The first-order chi connectivity index (χ1) is 27.3. The normalized spacial score (nSPS) is 11.6. The minimum atomic E-state index is 0.838. The molecule has 258 valence electrons. The van der Waals surface area contributed by atoms with Crippen LogP contribution >= 0.6 is 0 Å². The van der Waals surface area contributed by atoms with Crippen LogP contribution in [0.2, 0.25) is 0 Å². The smallest absolute Gasteiger partial charge is 0.159 e. The van der Waals surface area contributed by atoms with Gasteiger partial charge in [-0.15, -0.1) is 0 Å². The molecule has 0 atom stereocenters. The maximum atomic E-state index is 6.80. The summed E-state index contributed by atoms with van der Waals surface area (Å²) in [5.41, 5.74) is 13.2. The lowest BCUT2D eigenvalue weighted by molar-refractivity contribution is 0.668. The van der Waals surface area contributed by atoms with E-state index in [1.165, 1.54) is 10.8 Å². The molecule has 0 spiro atoms. The molecule has 3 nitrogen and oxygen atoms in total. The van der Waals surface area contributed by atoms with Gasteiger partial charge in [-0.1, -0.05) is 152 Å². The standard InChI is InChI=1S/C52H33NO2/c1-2-14-35(15-3-1)41-29-27-38(37-26-25-34-13-4-5-16-36(34)31-37)33-48(41)53(47-22-12-20-44-42-18-7-11-24-50(42)55-52(44)47)46-21-9-6-17-40(46)39-28-30-51-45(32-39)43-19-8-10-23-49(43)54-51/h1-33H. The van der Waals surface area contributed by atoms with Gasteiger partial charge in [-0.3, -0.25) is 0 Å². The Morgan fingerprint density at radius 1 is 0.291 bits per heavy atom. The number of furan rings is 2. The third kappa shape index (κ3) is 5.20. The molecular weight excluding hydrogens is 671 g/mol. The minimum absolute atomic E-state index is 0.838. The second-order valence-electron chi connectivity index (χ2n) is 14.1. The first-order valence-electron chi connectivity index (χ1n) is 18.7. The quantitative estimate of drug-likeness (QED) is 0.173. The highest BCUT2D eigenvalue weighted by atomic mass is 16.3. The predicted octanol–water partition coefficient (Wildman–Crippen LogP) is 15.1. The molecule has 11 aromatic rings. The first kappa shape index (κ1) is 31.2. The van der Waals surface area contributed by atoms with Gasteiger partial charge >= 0.3 is 0 Å². The van der Waals surface area contributed by atoms with Crippen LogP contribution in [0.5, 0.6) is 0 Å². The van der Waals surface area contributed by atoms with Crippen molar-refractivity contribution in [3.05, 3.63) is 200 Å². The number of hydrogen-bond donors (Lipinski definition) is 0. The Kier molecular flexibility index (Phi) is 7.17. The van der Waals surface area contributed by atoms with E-state index >= 15 is 0 Å². The number of rotatable bonds is 6. The Morgan fingerprint density at radius 3 is 1.76 bits per heavy atom. The molecule has 9 aromatic carbocycles. The van der Waals surface area contributed by atoms with E-state index in [0.717, 1.165) is 94.3 Å². The summed E-state index contributed by atoms with van der Waals surface area (Å²) in [5, 5.41) is 6.81. The van der Waals surface area contributed by atoms with Crippen molar-refractivity contribution in [1.82, 2.24) is 0 Å². The van der Waals surface area contributed by atoms with Gasteiger partial charge in [0, 0.05) is 32.7 Å². The maximum absolute atomic E-state index is 6.80. The van der Waals surface area contributed by atoms with Crippen LogP contribution in [-0.2, 0) is 0 Å². The number of para-hydroxylation sites is 4. The van der Waals surface area contributed by atoms with E-state index in [1.54, 1.807) is 0 Å². The van der Waals surface area contributed by atoms with Gasteiger partial charge in [0.25, 0.3) is 0 Å². The van der Waals surface area contributed by atoms with Crippen molar-refractivity contribution in [3.8, 4) is 33.4 Å². The first-order valence-corrected chi connectivity index (χ1v) is 18.7. The number of anilines is 3. The Hall–Kier alpha value is -7.36. The van der Waals surface area contributed by atoms with Crippen LogP contribution < -0.4 is 4.90 Å². The molecule has 0 unspecified atom stereocenters. The predicted molar refractivity (Wildman–Crippen MR) is 229 cm³/mol. The zero-order valence-corrected chi connectivity index (χ0v) is 29.8. The zero-order valence-electron chi connectivity index (χ0n) is 29.8. The van der Waals surface area contributed by atoms with Crippen LogP contribution in [0.3, 0.4) is 0 Å². The van der Waals surface area contributed by atoms with Crippen LogP contribution in [0.15, 0.2) is 209 Å². The van der Waals surface area contributed by atoms with Crippen molar-refractivity contribution in [2.45, 2.75) is 0 Å². The maximum Gasteiger partial charge on any atom is 0.159 e. The van der Waals surface area contributed by atoms with Gasteiger partial charge in [0.2, 0.25) is 0 Å². The highest BCUT2D eigenvalue weighted by molar-refractivity contribution is 6.12. The van der Waals surface area contributed by atoms with E-state index < -0.39 is 0 Å². The Balaban J connectivity index is 1.22. The van der Waals surface area contributed by atoms with Gasteiger partial charge in [-0.25, -0.2) is 0 Å². The van der Waals surface area contributed by atoms with Crippen LogP contribution in [0.4, 0.5) is 17.1 Å². The molecule has 11 rings (SSSR count). The summed E-state index contributed by atoms with van der Waals surface area (Å²) in [5.74, 6) is 0. The van der Waals surface area contributed by atoms with Gasteiger partial charge in [-0.2, -0.15) is 0 Å². The number of nitrogens with zero attached hydrogens (tertiary/aromatic N) is 1. The lowest BCUT2D eigenvalue weighted by atomic mass is 9.94. The molecule has 0 fully saturated rings. The summed E-state index contributed by atoms with van der Waals surface area (Å²) in [4.78, 5) is 2.41. The van der Waals surface area contributed by atoms with E-state index in [4.69, 9.17) is 8.83 Å². The fourth-order valence-electron chi connectivity index (χ4n) is 8.23. The highest BCUT2D eigenvalue weighted by Crippen LogP contribution is 2.49. The molecule has 0 radical (unpaired) electrons. The molecule has 0 bridgehead atoms. The average Bonchev–Trinajstić information content (AvgIpc) is 3.83. The zero-order chi connectivity index (χ0) is 36.3. The largest absolute Gasteiger partial charge is 0.456 e. The lowest BCUT2D eigenvalue weighted by Gasteiger charge is -2.30. The van der Waals surface area contributed by atoms with Crippen molar-refractivity contribution >= 4 is 71.7 Å². The topological polar surface area (TPSA) is 29.5 Å². The molecule has 55 heavy (non-hydrogen) atoms. The molecule has 0 saturated heterocycles. The second kappa shape index (κ2) is 12.6. The van der Waals surface area contributed by atoms with Crippen molar-refractivity contribution < 1.29 is 8.83 Å². The van der Waals surface area contributed by atoms with Crippen LogP contribution in [-0.4, -0.2) is 0 Å².